The Balaban J connectivity index is 2.26. The minimum absolute atomic E-state index is 0.572. The second-order valence-electron chi connectivity index (χ2n) is 4.67. The summed E-state index contributed by atoms with van der Waals surface area (Å²) >= 11 is 6.08. The maximum Gasteiger partial charge on any atom is 0.136 e. The molecule has 19 heavy (non-hydrogen) atoms. The Labute approximate surface area is 116 Å². The highest BCUT2D eigenvalue weighted by atomic mass is 35.5. The average molecular weight is 263 g/mol. The van der Waals surface area contributed by atoms with E-state index in [0.29, 0.717) is 16.1 Å². The van der Waals surface area contributed by atoms with Crippen molar-refractivity contribution in [1.29, 1.82) is 0 Å². The fourth-order valence-corrected chi connectivity index (χ4v) is 2.78. The zero-order valence-corrected chi connectivity index (χ0v) is 10.7. The fraction of sp³-hybridized carbons (Fsp3) is 0. The third kappa shape index (κ3) is 1.57. The highest BCUT2D eigenvalue weighted by Gasteiger charge is 2.10. The molecule has 0 aliphatic rings. The second-order valence-corrected chi connectivity index (χ2v) is 5.11. The van der Waals surface area contributed by atoms with Crippen molar-refractivity contribution in [2.75, 3.05) is 0 Å². The van der Waals surface area contributed by atoms with E-state index in [1.807, 2.05) is 24.3 Å². The summed E-state index contributed by atoms with van der Waals surface area (Å²) in [5.74, 6) is 0. The molecule has 4 aromatic rings. The minimum atomic E-state index is 0.572. The summed E-state index contributed by atoms with van der Waals surface area (Å²) in [4.78, 5) is 0. The fourth-order valence-electron chi connectivity index (χ4n) is 2.55. The van der Waals surface area contributed by atoms with E-state index in [0.717, 1.165) is 21.7 Å². The van der Waals surface area contributed by atoms with Crippen molar-refractivity contribution in [3.63, 3.8) is 0 Å². The van der Waals surface area contributed by atoms with Crippen molar-refractivity contribution >= 4 is 57.6 Å². The molecule has 1 heterocycles. The smallest absolute Gasteiger partial charge is 0.136 e. The van der Waals surface area contributed by atoms with Gasteiger partial charge in [0, 0.05) is 15.8 Å². The van der Waals surface area contributed by atoms with E-state index in [9.17, 15) is 0 Å². The van der Waals surface area contributed by atoms with Gasteiger partial charge in [-0.2, -0.15) is 0 Å². The van der Waals surface area contributed by atoms with Gasteiger partial charge in [0.15, 0.2) is 0 Å². The zero-order chi connectivity index (χ0) is 13.0. The molecule has 0 unspecified atom stereocenters. The molecule has 0 fully saturated rings. The van der Waals surface area contributed by atoms with Gasteiger partial charge in [-0.05, 0) is 35.0 Å². The van der Waals surface area contributed by atoms with Gasteiger partial charge in [0.05, 0.1) is 0 Å². The monoisotopic (exact) mass is 262 g/mol. The Kier molecular flexibility index (Phi) is 2.18. The minimum Gasteiger partial charge on any atom is -0.457 e. The first-order valence-corrected chi connectivity index (χ1v) is 6.40. The van der Waals surface area contributed by atoms with Crippen LogP contribution in [0.15, 0.2) is 52.9 Å². The number of hydrogen-bond donors (Lipinski definition) is 0. The molecule has 0 aliphatic heterocycles. The maximum absolute atomic E-state index is 6.08. The lowest BCUT2D eigenvalue weighted by molar-refractivity contribution is 0.672. The standard InChI is InChI=1S/C16H8BClO/c17-14-8-11(18)7-13-12-5-9-3-1-2-4-10(9)6-15(12)19-16(13)14/h1-8H. The Morgan fingerprint density at radius 2 is 1.63 bits per heavy atom. The lowest BCUT2D eigenvalue weighted by Gasteiger charge is -1.97. The Morgan fingerprint density at radius 1 is 0.895 bits per heavy atom. The van der Waals surface area contributed by atoms with Gasteiger partial charge in [-0.3, -0.25) is 0 Å². The van der Waals surface area contributed by atoms with Crippen LogP contribution in [0.25, 0.3) is 32.7 Å². The third-order valence-electron chi connectivity index (χ3n) is 3.43. The molecule has 0 N–H and O–H groups in total. The SMILES string of the molecule is [B]c1cc(Cl)cc2c1oc1cc3ccccc3cc12. The summed E-state index contributed by atoms with van der Waals surface area (Å²) in [6.45, 7) is 0. The molecule has 0 bridgehead atoms. The molecule has 0 spiro atoms. The van der Waals surface area contributed by atoms with Crippen LogP contribution in [-0.2, 0) is 0 Å². The number of halogens is 1. The van der Waals surface area contributed by atoms with Crippen LogP contribution in [0, 0.1) is 0 Å². The van der Waals surface area contributed by atoms with E-state index in [1.165, 1.54) is 5.39 Å². The first kappa shape index (κ1) is 10.9. The first-order chi connectivity index (χ1) is 9.22. The van der Waals surface area contributed by atoms with Gasteiger partial charge in [-0.15, -0.1) is 0 Å². The molecule has 3 aromatic carbocycles. The number of rotatable bonds is 0. The largest absolute Gasteiger partial charge is 0.457 e. The highest BCUT2D eigenvalue weighted by molar-refractivity contribution is 6.42. The Morgan fingerprint density at radius 3 is 2.42 bits per heavy atom. The average Bonchev–Trinajstić information content (AvgIpc) is 2.74. The molecule has 1 aromatic heterocycles. The molecule has 0 saturated heterocycles. The van der Waals surface area contributed by atoms with Gasteiger partial charge < -0.3 is 4.42 Å². The van der Waals surface area contributed by atoms with Crippen LogP contribution in [0.2, 0.25) is 5.02 Å². The van der Waals surface area contributed by atoms with Gasteiger partial charge in [-0.25, -0.2) is 0 Å². The molecular weight excluding hydrogens is 254 g/mol. The topological polar surface area (TPSA) is 13.1 Å². The molecule has 0 amide bonds. The summed E-state index contributed by atoms with van der Waals surface area (Å²) in [7, 11) is 5.97. The first-order valence-electron chi connectivity index (χ1n) is 6.02. The van der Waals surface area contributed by atoms with E-state index in [-0.39, 0.29) is 0 Å². The van der Waals surface area contributed by atoms with Crippen LogP contribution in [0.5, 0.6) is 0 Å². The van der Waals surface area contributed by atoms with E-state index >= 15 is 0 Å². The third-order valence-corrected chi connectivity index (χ3v) is 3.65. The summed E-state index contributed by atoms with van der Waals surface area (Å²) < 4.78 is 5.86. The van der Waals surface area contributed by atoms with E-state index in [4.69, 9.17) is 23.9 Å². The molecule has 1 nitrogen and oxygen atoms in total. The van der Waals surface area contributed by atoms with Crippen molar-refractivity contribution in [2.24, 2.45) is 0 Å². The molecular formula is C16H8BClO. The maximum atomic E-state index is 6.08. The van der Waals surface area contributed by atoms with Crippen LogP contribution >= 0.6 is 11.6 Å². The van der Waals surface area contributed by atoms with Gasteiger partial charge in [0.1, 0.15) is 19.0 Å². The summed E-state index contributed by atoms with van der Waals surface area (Å²) in [6.07, 6.45) is 0. The lowest BCUT2D eigenvalue weighted by Crippen LogP contribution is -2.01. The predicted molar refractivity (Wildman–Crippen MR) is 81.6 cm³/mol. The van der Waals surface area contributed by atoms with E-state index in [1.54, 1.807) is 6.07 Å². The van der Waals surface area contributed by atoms with Crippen LogP contribution in [-0.4, -0.2) is 7.85 Å². The van der Waals surface area contributed by atoms with Gasteiger partial charge in [-0.1, -0.05) is 41.3 Å². The van der Waals surface area contributed by atoms with Crippen molar-refractivity contribution in [3.8, 4) is 0 Å². The van der Waals surface area contributed by atoms with Crippen LogP contribution in [0.1, 0.15) is 0 Å². The molecule has 0 saturated carbocycles. The van der Waals surface area contributed by atoms with Crippen LogP contribution in [0.3, 0.4) is 0 Å². The second kappa shape index (κ2) is 3.78. The van der Waals surface area contributed by atoms with Crippen molar-refractivity contribution in [3.05, 3.63) is 53.6 Å². The summed E-state index contributed by atoms with van der Waals surface area (Å²) in [6, 6.07) is 16.0. The summed E-state index contributed by atoms with van der Waals surface area (Å²) in [5.41, 5.74) is 2.11. The van der Waals surface area contributed by atoms with Crippen molar-refractivity contribution in [1.82, 2.24) is 0 Å². The van der Waals surface area contributed by atoms with Crippen molar-refractivity contribution < 1.29 is 4.42 Å². The molecule has 3 heteroatoms. The highest BCUT2D eigenvalue weighted by Crippen LogP contribution is 2.32. The number of furan rings is 1. The van der Waals surface area contributed by atoms with E-state index < -0.39 is 0 Å². The molecule has 4 rings (SSSR count). The predicted octanol–water partition coefficient (Wildman–Crippen LogP) is 4.19. The van der Waals surface area contributed by atoms with E-state index in [2.05, 4.69) is 18.2 Å². The Hall–Kier alpha value is -1.93. The number of fused-ring (bicyclic) bond motifs is 4. The number of hydrogen-bond acceptors (Lipinski definition) is 1. The summed E-state index contributed by atoms with van der Waals surface area (Å²) in [5, 5.41) is 4.96. The van der Waals surface area contributed by atoms with Crippen LogP contribution < -0.4 is 5.46 Å². The zero-order valence-electron chi connectivity index (χ0n) is 9.98. The van der Waals surface area contributed by atoms with Gasteiger partial charge in [0.25, 0.3) is 0 Å². The quantitative estimate of drug-likeness (QED) is 0.433. The van der Waals surface area contributed by atoms with Gasteiger partial charge >= 0.3 is 0 Å². The Bertz CT molecular complexity index is 940. The van der Waals surface area contributed by atoms with Crippen molar-refractivity contribution in [2.45, 2.75) is 0 Å². The van der Waals surface area contributed by atoms with Crippen LogP contribution in [0.4, 0.5) is 0 Å². The molecule has 0 aliphatic carbocycles. The molecule has 88 valence electrons. The molecule has 2 radical (unpaired) electrons. The normalized spacial score (nSPS) is 11.6. The van der Waals surface area contributed by atoms with Gasteiger partial charge in [0.2, 0.25) is 0 Å². The molecule has 0 atom stereocenters. The number of benzene rings is 3. The lowest BCUT2D eigenvalue weighted by atomic mass is 9.94.